The quantitative estimate of drug-likeness (QED) is 0.717. The molecule has 0 aromatic carbocycles. The van der Waals surface area contributed by atoms with Gasteiger partial charge in [0.15, 0.2) is 0 Å². The summed E-state index contributed by atoms with van der Waals surface area (Å²) in [4.78, 5) is 3.80. The van der Waals surface area contributed by atoms with Crippen molar-refractivity contribution in [3.8, 4) is 5.75 Å². The average Bonchev–Trinajstić information content (AvgIpc) is 2.03. The van der Waals surface area contributed by atoms with Gasteiger partial charge in [-0.3, -0.25) is 4.98 Å². The number of nitrogens with zero attached hydrogens (tertiary/aromatic N) is 1. The van der Waals surface area contributed by atoms with Gasteiger partial charge in [-0.05, 0) is 24.5 Å². The Morgan fingerprint density at radius 3 is 3.00 bits per heavy atom. The average molecular weight is 151 g/mol. The molecule has 0 fully saturated rings. The topological polar surface area (TPSA) is 33.1 Å². The lowest BCUT2D eigenvalue weighted by Gasteiger charge is -2.00. The number of hydrogen-bond donors (Lipinski definition) is 1. The summed E-state index contributed by atoms with van der Waals surface area (Å²) in [6.07, 6.45) is 6.43. The second kappa shape index (κ2) is 3.96. The molecule has 1 aromatic heterocycles. The number of aromatic nitrogens is 1. The minimum atomic E-state index is 0.320. The standard InChI is InChI=1S/C9H13NO/c1-2-3-4-8-5-6-10-7-9(8)11/h5-7,11H,2-4H2,1H3. The molecule has 0 aliphatic heterocycles. The molecule has 0 atom stereocenters. The van der Waals surface area contributed by atoms with Crippen molar-refractivity contribution in [2.24, 2.45) is 0 Å². The summed E-state index contributed by atoms with van der Waals surface area (Å²) in [5.41, 5.74) is 1.00. The molecule has 0 saturated carbocycles. The summed E-state index contributed by atoms with van der Waals surface area (Å²) >= 11 is 0. The zero-order chi connectivity index (χ0) is 8.10. The van der Waals surface area contributed by atoms with Crippen LogP contribution in [0.5, 0.6) is 5.75 Å². The van der Waals surface area contributed by atoms with Crippen molar-refractivity contribution < 1.29 is 5.11 Å². The first-order valence-electron chi connectivity index (χ1n) is 3.96. The Balaban J connectivity index is 2.62. The lowest BCUT2D eigenvalue weighted by Crippen LogP contribution is -1.85. The smallest absolute Gasteiger partial charge is 0.137 e. The predicted octanol–water partition coefficient (Wildman–Crippen LogP) is 2.13. The van der Waals surface area contributed by atoms with Gasteiger partial charge in [0.25, 0.3) is 0 Å². The summed E-state index contributed by atoms with van der Waals surface area (Å²) in [7, 11) is 0. The molecule has 2 heteroatoms. The van der Waals surface area contributed by atoms with Gasteiger partial charge in [0, 0.05) is 6.20 Å². The van der Waals surface area contributed by atoms with Crippen molar-refractivity contribution >= 4 is 0 Å². The Hall–Kier alpha value is -1.05. The van der Waals surface area contributed by atoms with Crippen molar-refractivity contribution in [1.82, 2.24) is 4.98 Å². The van der Waals surface area contributed by atoms with E-state index >= 15 is 0 Å². The highest BCUT2D eigenvalue weighted by molar-refractivity contribution is 5.27. The van der Waals surface area contributed by atoms with Crippen LogP contribution in [0.3, 0.4) is 0 Å². The lowest BCUT2D eigenvalue weighted by atomic mass is 10.1. The fourth-order valence-electron chi connectivity index (χ4n) is 0.994. The van der Waals surface area contributed by atoms with Crippen LogP contribution in [0.4, 0.5) is 0 Å². The maximum atomic E-state index is 9.27. The van der Waals surface area contributed by atoms with Crippen LogP contribution in [-0.2, 0) is 6.42 Å². The van der Waals surface area contributed by atoms with Crippen molar-refractivity contribution in [2.75, 3.05) is 0 Å². The molecule has 1 N–H and O–H groups in total. The number of aromatic hydroxyl groups is 1. The Morgan fingerprint density at radius 1 is 1.55 bits per heavy atom. The van der Waals surface area contributed by atoms with E-state index in [1.807, 2.05) is 6.07 Å². The number of hydrogen-bond acceptors (Lipinski definition) is 2. The molecular formula is C9H13NO. The van der Waals surface area contributed by atoms with Gasteiger partial charge in [0.05, 0.1) is 6.20 Å². The van der Waals surface area contributed by atoms with E-state index in [2.05, 4.69) is 11.9 Å². The van der Waals surface area contributed by atoms with Gasteiger partial charge < -0.3 is 5.11 Å². The van der Waals surface area contributed by atoms with Crippen molar-refractivity contribution in [1.29, 1.82) is 0 Å². The Morgan fingerprint density at radius 2 is 2.36 bits per heavy atom. The first-order chi connectivity index (χ1) is 5.34. The fourth-order valence-corrected chi connectivity index (χ4v) is 0.994. The predicted molar refractivity (Wildman–Crippen MR) is 44.5 cm³/mol. The first-order valence-corrected chi connectivity index (χ1v) is 3.96. The Labute approximate surface area is 66.9 Å². The molecule has 60 valence electrons. The molecule has 0 aliphatic carbocycles. The molecular weight excluding hydrogens is 138 g/mol. The number of rotatable bonds is 3. The maximum absolute atomic E-state index is 9.27. The van der Waals surface area contributed by atoms with Crippen molar-refractivity contribution in [2.45, 2.75) is 26.2 Å². The zero-order valence-electron chi connectivity index (χ0n) is 6.75. The van der Waals surface area contributed by atoms with E-state index in [9.17, 15) is 5.11 Å². The Bertz CT molecular complexity index is 223. The minimum Gasteiger partial charge on any atom is -0.506 e. The highest BCUT2D eigenvalue weighted by Crippen LogP contribution is 2.15. The van der Waals surface area contributed by atoms with Crippen LogP contribution in [0.25, 0.3) is 0 Å². The number of unbranched alkanes of at least 4 members (excludes halogenated alkanes) is 1. The monoisotopic (exact) mass is 151 g/mol. The van der Waals surface area contributed by atoms with Gasteiger partial charge in [-0.1, -0.05) is 13.3 Å². The normalized spacial score (nSPS) is 9.91. The summed E-state index contributed by atoms with van der Waals surface area (Å²) in [6.45, 7) is 2.14. The molecule has 2 nitrogen and oxygen atoms in total. The van der Waals surface area contributed by atoms with Crippen LogP contribution in [0, 0.1) is 0 Å². The van der Waals surface area contributed by atoms with Gasteiger partial charge in [-0.25, -0.2) is 0 Å². The van der Waals surface area contributed by atoms with Crippen molar-refractivity contribution in [3.05, 3.63) is 24.0 Å². The second-order valence-corrected chi connectivity index (χ2v) is 2.61. The molecule has 1 heterocycles. The molecule has 0 aliphatic rings. The molecule has 0 saturated heterocycles. The third-order valence-electron chi connectivity index (χ3n) is 1.69. The summed E-state index contributed by atoms with van der Waals surface area (Å²) < 4.78 is 0. The molecule has 11 heavy (non-hydrogen) atoms. The summed E-state index contributed by atoms with van der Waals surface area (Å²) in [5.74, 6) is 0.320. The molecule has 0 radical (unpaired) electrons. The van der Waals surface area contributed by atoms with Crippen LogP contribution >= 0.6 is 0 Å². The van der Waals surface area contributed by atoms with E-state index in [1.54, 1.807) is 6.20 Å². The SMILES string of the molecule is CCCCc1ccncc1O. The van der Waals surface area contributed by atoms with Gasteiger partial charge in [0.2, 0.25) is 0 Å². The summed E-state index contributed by atoms with van der Waals surface area (Å²) in [5, 5.41) is 9.27. The van der Waals surface area contributed by atoms with Gasteiger partial charge >= 0.3 is 0 Å². The van der Waals surface area contributed by atoms with Gasteiger partial charge in [-0.15, -0.1) is 0 Å². The summed E-state index contributed by atoms with van der Waals surface area (Å²) in [6, 6.07) is 1.87. The van der Waals surface area contributed by atoms with E-state index in [-0.39, 0.29) is 0 Å². The van der Waals surface area contributed by atoms with E-state index in [0.29, 0.717) is 5.75 Å². The third kappa shape index (κ3) is 2.22. The highest BCUT2D eigenvalue weighted by atomic mass is 16.3. The van der Waals surface area contributed by atoms with Crippen LogP contribution in [-0.4, -0.2) is 10.1 Å². The second-order valence-electron chi connectivity index (χ2n) is 2.61. The first kappa shape index (κ1) is 8.05. The maximum Gasteiger partial charge on any atom is 0.137 e. The molecule has 0 unspecified atom stereocenters. The highest BCUT2D eigenvalue weighted by Gasteiger charge is 1.97. The van der Waals surface area contributed by atoms with E-state index in [4.69, 9.17) is 0 Å². The van der Waals surface area contributed by atoms with Crippen LogP contribution in [0.1, 0.15) is 25.3 Å². The molecule has 0 spiro atoms. The Kier molecular flexibility index (Phi) is 2.90. The van der Waals surface area contributed by atoms with Crippen LogP contribution in [0.2, 0.25) is 0 Å². The number of aryl methyl sites for hydroxylation is 1. The third-order valence-corrected chi connectivity index (χ3v) is 1.69. The fraction of sp³-hybridized carbons (Fsp3) is 0.444. The van der Waals surface area contributed by atoms with Gasteiger partial charge in [0.1, 0.15) is 5.75 Å². The number of pyridine rings is 1. The van der Waals surface area contributed by atoms with Crippen molar-refractivity contribution in [3.63, 3.8) is 0 Å². The molecule has 1 aromatic rings. The minimum absolute atomic E-state index is 0.320. The zero-order valence-corrected chi connectivity index (χ0v) is 6.75. The lowest BCUT2D eigenvalue weighted by molar-refractivity contribution is 0.464. The van der Waals surface area contributed by atoms with E-state index < -0.39 is 0 Å². The van der Waals surface area contributed by atoms with E-state index in [1.165, 1.54) is 6.20 Å². The van der Waals surface area contributed by atoms with Crippen LogP contribution < -0.4 is 0 Å². The largest absolute Gasteiger partial charge is 0.506 e. The molecule has 0 bridgehead atoms. The van der Waals surface area contributed by atoms with Gasteiger partial charge in [-0.2, -0.15) is 0 Å². The van der Waals surface area contributed by atoms with E-state index in [0.717, 1.165) is 24.8 Å². The molecule has 0 amide bonds. The van der Waals surface area contributed by atoms with Crippen LogP contribution in [0.15, 0.2) is 18.5 Å². The molecule has 1 rings (SSSR count).